The first-order valence-electron chi connectivity index (χ1n) is 7.19. The molecule has 116 valence electrons. The molecule has 22 heavy (non-hydrogen) atoms. The Labute approximate surface area is 128 Å². The minimum Gasteiger partial charge on any atom is -0.488 e. The molecular formula is C16H17NO5. The molecule has 0 atom stereocenters. The molecule has 2 aliphatic heterocycles. The average Bonchev–Trinajstić information content (AvgIpc) is 2.59. The molecule has 6 nitrogen and oxygen atoms in total. The maximum atomic E-state index is 12.0. The van der Waals surface area contributed by atoms with Gasteiger partial charge in [0.05, 0.1) is 18.8 Å². The van der Waals surface area contributed by atoms with Crippen molar-refractivity contribution in [2.24, 2.45) is 0 Å². The lowest BCUT2D eigenvalue weighted by Crippen LogP contribution is -2.42. The molecule has 2 aliphatic rings. The molecular weight excluding hydrogens is 286 g/mol. The highest BCUT2D eigenvalue weighted by atomic mass is 16.5. The zero-order valence-corrected chi connectivity index (χ0v) is 12.1. The molecule has 0 bridgehead atoms. The smallest absolute Gasteiger partial charge is 0.338 e. The summed E-state index contributed by atoms with van der Waals surface area (Å²) in [6.07, 6.45) is 1.74. The summed E-state index contributed by atoms with van der Waals surface area (Å²) in [4.78, 5) is 25.6. The molecule has 1 saturated heterocycles. The van der Waals surface area contributed by atoms with Crippen LogP contribution in [0.4, 0.5) is 0 Å². The van der Waals surface area contributed by atoms with E-state index in [2.05, 4.69) is 0 Å². The number of amides is 1. The van der Waals surface area contributed by atoms with Crippen molar-refractivity contribution in [2.45, 2.75) is 0 Å². The normalized spacial score (nSPS) is 17.1. The van der Waals surface area contributed by atoms with Crippen LogP contribution in [-0.4, -0.2) is 56.3 Å². The highest BCUT2D eigenvalue weighted by Gasteiger charge is 2.21. The zero-order chi connectivity index (χ0) is 15.4. The number of morpholine rings is 1. The first kappa shape index (κ1) is 14.6. The Kier molecular flexibility index (Phi) is 4.39. The van der Waals surface area contributed by atoms with Gasteiger partial charge in [-0.1, -0.05) is 18.2 Å². The predicted octanol–water partition coefficient (Wildman–Crippen LogP) is 0.864. The quantitative estimate of drug-likeness (QED) is 0.775. The number of hydrogen-bond donors (Lipinski definition) is 0. The van der Waals surface area contributed by atoms with E-state index < -0.39 is 5.97 Å². The molecule has 0 aromatic heterocycles. The van der Waals surface area contributed by atoms with Gasteiger partial charge in [0.15, 0.2) is 6.61 Å². The first-order valence-corrected chi connectivity index (χ1v) is 7.19. The molecule has 3 rings (SSSR count). The largest absolute Gasteiger partial charge is 0.488 e. The van der Waals surface area contributed by atoms with Crippen LogP contribution in [0.15, 0.2) is 29.8 Å². The second-order valence-electron chi connectivity index (χ2n) is 5.07. The van der Waals surface area contributed by atoms with Gasteiger partial charge in [-0.2, -0.15) is 0 Å². The number of para-hydroxylation sites is 1. The zero-order valence-electron chi connectivity index (χ0n) is 12.1. The van der Waals surface area contributed by atoms with Crippen LogP contribution in [0.3, 0.4) is 0 Å². The Hall–Kier alpha value is -2.34. The predicted molar refractivity (Wildman–Crippen MR) is 78.3 cm³/mol. The summed E-state index contributed by atoms with van der Waals surface area (Å²) in [5.41, 5.74) is 1.24. The SMILES string of the molecule is O=C(OCC(=O)N1CCOCC1)C1=Cc2ccccc2OC1. The Morgan fingerprint density at radius 1 is 1.18 bits per heavy atom. The highest BCUT2D eigenvalue weighted by Crippen LogP contribution is 2.26. The summed E-state index contributed by atoms with van der Waals surface area (Å²) in [6.45, 7) is 2.02. The monoisotopic (exact) mass is 303 g/mol. The number of benzene rings is 1. The van der Waals surface area contributed by atoms with Crippen LogP contribution in [0.2, 0.25) is 0 Å². The third kappa shape index (κ3) is 3.28. The van der Waals surface area contributed by atoms with Gasteiger partial charge in [0, 0.05) is 18.7 Å². The van der Waals surface area contributed by atoms with Crippen molar-refractivity contribution in [1.82, 2.24) is 4.90 Å². The Morgan fingerprint density at radius 3 is 2.77 bits per heavy atom. The molecule has 1 amide bonds. The number of carbonyl (C=O) groups is 2. The summed E-state index contributed by atoms with van der Waals surface area (Å²) in [5, 5.41) is 0. The minimum absolute atomic E-state index is 0.154. The third-order valence-electron chi connectivity index (χ3n) is 3.58. The molecule has 2 heterocycles. The summed E-state index contributed by atoms with van der Waals surface area (Å²) in [5.74, 6) is 0.0222. The van der Waals surface area contributed by atoms with Crippen LogP contribution in [0.5, 0.6) is 5.75 Å². The van der Waals surface area contributed by atoms with Crippen LogP contribution < -0.4 is 4.74 Å². The number of fused-ring (bicyclic) bond motifs is 1. The topological polar surface area (TPSA) is 65.1 Å². The number of ether oxygens (including phenoxy) is 3. The molecule has 0 aliphatic carbocycles. The summed E-state index contributed by atoms with van der Waals surface area (Å²) < 4.78 is 15.8. The highest BCUT2D eigenvalue weighted by molar-refractivity contribution is 5.96. The van der Waals surface area contributed by atoms with Gasteiger partial charge in [-0.15, -0.1) is 0 Å². The van der Waals surface area contributed by atoms with Gasteiger partial charge in [-0.25, -0.2) is 4.79 Å². The number of nitrogens with zero attached hydrogens (tertiary/aromatic N) is 1. The van der Waals surface area contributed by atoms with Crippen molar-refractivity contribution >= 4 is 18.0 Å². The van der Waals surface area contributed by atoms with Gasteiger partial charge >= 0.3 is 5.97 Å². The lowest BCUT2D eigenvalue weighted by Gasteiger charge is -2.26. The standard InChI is InChI=1S/C16H17NO5/c18-15(17-5-7-20-8-6-17)11-22-16(19)13-9-12-3-1-2-4-14(12)21-10-13/h1-4,9H,5-8,10-11H2. The molecule has 1 aromatic carbocycles. The van der Waals surface area contributed by atoms with Crippen molar-refractivity contribution in [3.63, 3.8) is 0 Å². The van der Waals surface area contributed by atoms with Crippen molar-refractivity contribution in [1.29, 1.82) is 0 Å². The van der Waals surface area contributed by atoms with E-state index in [1.54, 1.807) is 11.0 Å². The van der Waals surface area contributed by atoms with E-state index in [1.807, 2.05) is 24.3 Å². The van der Waals surface area contributed by atoms with Crippen LogP contribution in [0.25, 0.3) is 6.08 Å². The Morgan fingerprint density at radius 2 is 1.95 bits per heavy atom. The minimum atomic E-state index is -0.517. The first-order chi connectivity index (χ1) is 10.7. The van der Waals surface area contributed by atoms with Crippen LogP contribution in [0.1, 0.15) is 5.56 Å². The number of rotatable bonds is 3. The van der Waals surface area contributed by atoms with Gasteiger partial charge in [-0.05, 0) is 12.1 Å². The van der Waals surface area contributed by atoms with Crippen molar-refractivity contribution in [3.05, 3.63) is 35.4 Å². The lowest BCUT2D eigenvalue weighted by molar-refractivity contribution is -0.151. The van der Waals surface area contributed by atoms with Gasteiger partial charge < -0.3 is 19.1 Å². The Bertz CT molecular complexity index is 604. The van der Waals surface area contributed by atoms with E-state index in [9.17, 15) is 9.59 Å². The molecule has 0 saturated carbocycles. The molecule has 0 spiro atoms. The maximum Gasteiger partial charge on any atom is 0.338 e. The van der Waals surface area contributed by atoms with E-state index in [1.165, 1.54) is 0 Å². The van der Waals surface area contributed by atoms with E-state index in [0.717, 1.165) is 11.3 Å². The van der Waals surface area contributed by atoms with E-state index in [4.69, 9.17) is 14.2 Å². The fourth-order valence-corrected chi connectivity index (χ4v) is 2.36. The van der Waals surface area contributed by atoms with Crippen LogP contribution >= 0.6 is 0 Å². The molecule has 6 heteroatoms. The van der Waals surface area contributed by atoms with Crippen molar-refractivity contribution in [2.75, 3.05) is 39.5 Å². The second-order valence-corrected chi connectivity index (χ2v) is 5.07. The fourth-order valence-electron chi connectivity index (χ4n) is 2.36. The lowest BCUT2D eigenvalue weighted by atomic mass is 10.1. The molecule has 0 N–H and O–H groups in total. The number of carbonyl (C=O) groups excluding carboxylic acids is 2. The van der Waals surface area contributed by atoms with Gasteiger partial charge in [-0.3, -0.25) is 4.79 Å². The maximum absolute atomic E-state index is 12.0. The molecule has 1 fully saturated rings. The van der Waals surface area contributed by atoms with Crippen LogP contribution in [-0.2, 0) is 19.1 Å². The van der Waals surface area contributed by atoms with E-state index >= 15 is 0 Å². The van der Waals surface area contributed by atoms with E-state index in [0.29, 0.717) is 31.9 Å². The summed E-state index contributed by atoms with van der Waals surface area (Å²) in [6, 6.07) is 7.45. The molecule has 0 unspecified atom stereocenters. The fraction of sp³-hybridized carbons (Fsp3) is 0.375. The second kappa shape index (κ2) is 6.62. The van der Waals surface area contributed by atoms with Crippen molar-refractivity contribution in [3.8, 4) is 5.75 Å². The van der Waals surface area contributed by atoms with Crippen LogP contribution in [0, 0.1) is 0 Å². The van der Waals surface area contributed by atoms with E-state index in [-0.39, 0.29) is 19.1 Å². The summed E-state index contributed by atoms with van der Waals surface area (Å²) >= 11 is 0. The number of hydrogen-bond acceptors (Lipinski definition) is 5. The van der Waals surface area contributed by atoms with Gasteiger partial charge in [0.25, 0.3) is 5.91 Å². The van der Waals surface area contributed by atoms with Gasteiger partial charge in [0.1, 0.15) is 12.4 Å². The third-order valence-corrected chi connectivity index (χ3v) is 3.58. The van der Waals surface area contributed by atoms with Crippen molar-refractivity contribution < 1.29 is 23.8 Å². The Balaban J connectivity index is 1.56. The average molecular weight is 303 g/mol. The van der Waals surface area contributed by atoms with Gasteiger partial charge in [0.2, 0.25) is 0 Å². The molecule has 1 aromatic rings. The number of esters is 1. The summed E-state index contributed by atoms with van der Waals surface area (Å²) in [7, 11) is 0. The molecule has 0 radical (unpaired) electrons.